The standard InChI is InChI=1S/C15H15ClN4O2/c1-19(7-6-13-17-9-22-18-13)15(21)12-8-10-4-3-5-11(16)14(10)20(12)2/h3-5,8-9H,6-7H2,1-2H3. The predicted molar refractivity (Wildman–Crippen MR) is 82.9 cm³/mol. The van der Waals surface area contributed by atoms with E-state index in [-0.39, 0.29) is 5.91 Å². The van der Waals surface area contributed by atoms with Gasteiger partial charge in [0.05, 0.1) is 10.5 Å². The van der Waals surface area contributed by atoms with Crippen molar-refractivity contribution in [2.45, 2.75) is 6.42 Å². The highest BCUT2D eigenvalue weighted by Crippen LogP contribution is 2.26. The molecular formula is C15H15ClN4O2. The SMILES string of the molecule is CN(CCc1ncon1)C(=O)c1cc2cccc(Cl)c2n1C. The molecule has 0 atom stereocenters. The van der Waals surface area contributed by atoms with Crippen LogP contribution in [-0.2, 0) is 13.5 Å². The van der Waals surface area contributed by atoms with E-state index in [2.05, 4.69) is 14.7 Å². The molecule has 0 aliphatic heterocycles. The Bertz CT molecular complexity index is 810. The van der Waals surface area contributed by atoms with Crippen LogP contribution in [0.3, 0.4) is 0 Å². The molecule has 0 aliphatic rings. The van der Waals surface area contributed by atoms with Gasteiger partial charge in [-0.05, 0) is 12.1 Å². The molecule has 0 unspecified atom stereocenters. The van der Waals surface area contributed by atoms with Gasteiger partial charge in [-0.3, -0.25) is 4.79 Å². The monoisotopic (exact) mass is 318 g/mol. The molecule has 0 saturated carbocycles. The second kappa shape index (κ2) is 5.81. The maximum atomic E-state index is 12.6. The number of carbonyl (C=O) groups excluding carboxylic acids is 1. The first-order valence-electron chi connectivity index (χ1n) is 6.82. The highest BCUT2D eigenvalue weighted by atomic mass is 35.5. The summed E-state index contributed by atoms with van der Waals surface area (Å²) in [5.74, 6) is 0.512. The van der Waals surface area contributed by atoms with Crippen LogP contribution in [0.25, 0.3) is 10.9 Å². The number of likely N-dealkylation sites (N-methyl/N-ethyl adjacent to an activating group) is 1. The Labute approximate surface area is 132 Å². The average molecular weight is 319 g/mol. The lowest BCUT2D eigenvalue weighted by molar-refractivity contribution is 0.0787. The summed E-state index contributed by atoms with van der Waals surface area (Å²) >= 11 is 6.22. The number of aryl methyl sites for hydroxylation is 1. The van der Waals surface area contributed by atoms with Crippen LogP contribution in [0.5, 0.6) is 0 Å². The van der Waals surface area contributed by atoms with E-state index >= 15 is 0 Å². The maximum Gasteiger partial charge on any atom is 0.270 e. The fourth-order valence-corrected chi connectivity index (χ4v) is 2.75. The van der Waals surface area contributed by atoms with Gasteiger partial charge in [0.15, 0.2) is 5.82 Å². The van der Waals surface area contributed by atoms with Crippen molar-refractivity contribution in [1.29, 1.82) is 0 Å². The Morgan fingerprint density at radius 1 is 1.45 bits per heavy atom. The predicted octanol–water partition coefficient (Wildman–Crippen LogP) is 2.53. The van der Waals surface area contributed by atoms with Gasteiger partial charge in [0.2, 0.25) is 6.39 Å². The number of amides is 1. The van der Waals surface area contributed by atoms with Gasteiger partial charge >= 0.3 is 0 Å². The fraction of sp³-hybridized carbons (Fsp3) is 0.267. The van der Waals surface area contributed by atoms with Crippen molar-refractivity contribution in [1.82, 2.24) is 19.6 Å². The van der Waals surface area contributed by atoms with Crippen molar-refractivity contribution < 1.29 is 9.32 Å². The van der Waals surface area contributed by atoms with Crippen molar-refractivity contribution in [3.8, 4) is 0 Å². The van der Waals surface area contributed by atoms with Gasteiger partial charge in [-0.2, -0.15) is 4.98 Å². The Morgan fingerprint density at radius 3 is 2.95 bits per heavy atom. The van der Waals surface area contributed by atoms with Crippen LogP contribution < -0.4 is 0 Å². The first kappa shape index (κ1) is 14.6. The van der Waals surface area contributed by atoms with Crippen LogP contribution in [0.4, 0.5) is 0 Å². The lowest BCUT2D eigenvalue weighted by Crippen LogP contribution is -2.30. The van der Waals surface area contributed by atoms with E-state index in [4.69, 9.17) is 11.6 Å². The van der Waals surface area contributed by atoms with Gasteiger partial charge in [0.1, 0.15) is 5.69 Å². The second-order valence-corrected chi connectivity index (χ2v) is 5.50. The van der Waals surface area contributed by atoms with E-state index in [0.717, 1.165) is 10.9 Å². The number of halogens is 1. The molecule has 22 heavy (non-hydrogen) atoms. The van der Waals surface area contributed by atoms with E-state index in [9.17, 15) is 4.79 Å². The minimum Gasteiger partial charge on any atom is -0.343 e. The number of fused-ring (bicyclic) bond motifs is 1. The molecular weight excluding hydrogens is 304 g/mol. The number of hydrogen-bond acceptors (Lipinski definition) is 4. The van der Waals surface area contributed by atoms with Crippen molar-refractivity contribution in [2.24, 2.45) is 7.05 Å². The quantitative estimate of drug-likeness (QED) is 0.741. The lowest BCUT2D eigenvalue weighted by atomic mass is 10.2. The van der Waals surface area contributed by atoms with Crippen molar-refractivity contribution in [3.05, 3.63) is 47.2 Å². The fourth-order valence-electron chi connectivity index (χ4n) is 2.44. The Balaban J connectivity index is 1.82. The zero-order valence-electron chi connectivity index (χ0n) is 12.3. The molecule has 114 valence electrons. The lowest BCUT2D eigenvalue weighted by Gasteiger charge is -2.16. The van der Waals surface area contributed by atoms with Crippen LogP contribution in [0, 0.1) is 0 Å². The topological polar surface area (TPSA) is 64.2 Å². The molecule has 0 bridgehead atoms. The third kappa shape index (κ3) is 2.57. The van der Waals surface area contributed by atoms with Crippen LogP contribution in [-0.4, -0.2) is 39.1 Å². The van der Waals surface area contributed by atoms with Crippen molar-refractivity contribution >= 4 is 28.4 Å². The molecule has 3 aromatic rings. The molecule has 0 saturated heterocycles. The summed E-state index contributed by atoms with van der Waals surface area (Å²) < 4.78 is 6.51. The Morgan fingerprint density at radius 2 is 2.27 bits per heavy atom. The van der Waals surface area contributed by atoms with E-state index in [1.54, 1.807) is 11.9 Å². The molecule has 7 heteroatoms. The summed E-state index contributed by atoms with van der Waals surface area (Å²) in [5, 5.41) is 5.32. The second-order valence-electron chi connectivity index (χ2n) is 5.09. The van der Waals surface area contributed by atoms with Gasteiger partial charge < -0.3 is 14.0 Å². The Hall–Kier alpha value is -2.34. The first-order valence-corrected chi connectivity index (χ1v) is 7.20. The molecule has 0 N–H and O–H groups in total. The highest BCUT2D eigenvalue weighted by molar-refractivity contribution is 6.35. The van der Waals surface area contributed by atoms with Gasteiger partial charge in [0.25, 0.3) is 5.91 Å². The van der Waals surface area contributed by atoms with Crippen LogP contribution >= 0.6 is 11.6 Å². The molecule has 1 aromatic carbocycles. The molecule has 1 amide bonds. The molecule has 0 aliphatic carbocycles. The minimum atomic E-state index is -0.0711. The van der Waals surface area contributed by atoms with Gasteiger partial charge in [0, 0.05) is 32.4 Å². The molecule has 6 nitrogen and oxygen atoms in total. The number of benzene rings is 1. The number of hydrogen-bond donors (Lipinski definition) is 0. The van der Waals surface area contributed by atoms with E-state index < -0.39 is 0 Å². The molecule has 2 heterocycles. The summed E-state index contributed by atoms with van der Waals surface area (Å²) in [5.41, 5.74) is 1.46. The molecule has 0 radical (unpaired) electrons. The molecule has 0 spiro atoms. The van der Waals surface area contributed by atoms with Crippen LogP contribution in [0.1, 0.15) is 16.3 Å². The zero-order chi connectivity index (χ0) is 15.7. The van der Waals surface area contributed by atoms with E-state index in [0.29, 0.717) is 29.5 Å². The van der Waals surface area contributed by atoms with Gasteiger partial charge in [-0.25, -0.2) is 0 Å². The summed E-state index contributed by atoms with van der Waals surface area (Å²) in [6.07, 6.45) is 1.83. The van der Waals surface area contributed by atoms with Crippen molar-refractivity contribution in [3.63, 3.8) is 0 Å². The van der Waals surface area contributed by atoms with Crippen LogP contribution in [0.2, 0.25) is 5.02 Å². The number of nitrogens with zero attached hydrogens (tertiary/aromatic N) is 4. The summed E-state index contributed by atoms with van der Waals surface area (Å²) in [6, 6.07) is 7.49. The molecule has 2 aromatic heterocycles. The summed E-state index contributed by atoms with van der Waals surface area (Å²) in [6.45, 7) is 0.508. The minimum absolute atomic E-state index is 0.0711. The smallest absolute Gasteiger partial charge is 0.270 e. The number of rotatable bonds is 4. The number of aromatic nitrogens is 3. The Kier molecular flexibility index (Phi) is 3.85. The normalized spacial score (nSPS) is 11.0. The highest BCUT2D eigenvalue weighted by Gasteiger charge is 2.18. The van der Waals surface area contributed by atoms with Gasteiger partial charge in [-0.1, -0.05) is 28.9 Å². The summed E-state index contributed by atoms with van der Waals surface area (Å²) in [7, 11) is 3.59. The third-order valence-corrected chi connectivity index (χ3v) is 3.96. The van der Waals surface area contributed by atoms with E-state index in [1.165, 1.54) is 6.39 Å². The molecule has 3 rings (SSSR count). The van der Waals surface area contributed by atoms with E-state index in [1.807, 2.05) is 35.9 Å². The van der Waals surface area contributed by atoms with Crippen molar-refractivity contribution in [2.75, 3.05) is 13.6 Å². The van der Waals surface area contributed by atoms with Crippen LogP contribution in [0.15, 0.2) is 35.2 Å². The zero-order valence-corrected chi connectivity index (χ0v) is 13.0. The average Bonchev–Trinajstić information content (AvgIpc) is 3.13. The number of carbonyl (C=O) groups is 1. The molecule has 0 fully saturated rings. The summed E-state index contributed by atoms with van der Waals surface area (Å²) in [4.78, 5) is 18.2. The maximum absolute atomic E-state index is 12.6. The first-order chi connectivity index (χ1) is 10.6. The third-order valence-electron chi connectivity index (χ3n) is 3.65. The van der Waals surface area contributed by atoms with Gasteiger partial charge in [-0.15, -0.1) is 0 Å². The largest absolute Gasteiger partial charge is 0.343 e. The number of para-hydroxylation sites is 1.